The molecule has 2 aromatic rings. The van der Waals surface area contributed by atoms with Gasteiger partial charge in [-0.15, -0.1) is 0 Å². The van der Waals surface area contributed by atoms with E-state index in [0.717, 1.165) is 10.7 Å². The zero-order valence-corrected chi connectivity index (χ0v) is 11.9. The first-order chi connectivity index (χ1) is 8.72. The maximum atomic E-state index is 6.08. The van der Waals surface area contributed by atoms with Gasteiger partial charge in [-0.3, -0.25) is 0 Å². The van der Waals surface area contributed by atoms with Crippen LogP contribution in [0, 0.1) is 0 Å². The van der Waals surface area contributed by atoms with Crippen molar-refractivity contribution in [2.45, 2.75) is 31.6 Å². The second kappa shape index (κ2) is 5.11. The molecular weight excluding hydrogens is 289 g/mol. The highest BCUT2D eigenvalue weighted by atomic mass is 35.5. The number of hydrogen-bond donors (Lipinski definition) is 0. The van der Waals surface area contributed by atoms with Crippen molar-refractivity contribution in [3.05, 3.63) is 27.4 Å². The number of hydrogen-bond acceptors (Lipinski definition) is 4. The van der Waals surface area contributed by atoms with Crippen LogP contribution in [0.5, 0.6) is 0 Å². The summed E-state index contributed by atoms with van der Waals surface area (Å²) in [5, 5.41) is 1.20. The van der Waals surface area contributed by atoms with E-state index in [1.165, 1.54) is 37.0 Å². The molecule has 0 saturated heterocycles. The minimum atomic E-state index is 0.480. The normalized spacial score (nSPS) is 16.3. The zero-order chi connectivity index (χ0) is 12.5. The van der Waals surface area contributed by atoms with Crippen molar-refractivity contribution in [3.8, 4) is 10.8 Å². The molecule has 0 aliphatic heterocycles. The monoisotopic (exact) mass is 299 g/mol. The summed E-state index contributed by atoms with van der Waals surface area (Å²) in [6, 6.07) is 1.87. The fourth-order valence-electron chi connectivity index (χ4n) is 2.32. The second-order valence-electron chi connectivity index (χ2n) is 4.39. The Morgan fingerprint density at radius 1 is 1.17 bits per heavy atom. The Bertz CT molecular complexity index is 564. The van der Waals surface area contributed by atoms with E-state index >= 15 is 0 Å². The van der Waals surface area contributed by atoms with E-state index in [1.54, 1.807) is 6.20 Å². The van der Waals surface area contributed by atoms with Gasteiger partial charge in [-0.1, -0.05) is 47.4 Å². The van der Waals surface area contributed by atoms with Crippen LogP contribution in [0.15, 0.2) is 12.3 Å². The molecule has 0 spiro atoms. The predicted octanol–water partition coefficient (Wildman–Crippen LogP) is 4.56. The van der Waals surface area contributed by atoms with Gasteiger partial charge in [0.2, 0.25) is 0 Å². The van der Waals surface area contributed by atoms with E-state index in [2.05, 4.69) is 15.0 Å². The Labute approximate surface area is 119 Å². The fourth-order valence-corrected chi connectivity index (χ4v) is 3.36. The highest BCUT2D eigenvalue weighted by Crippen LogP contribution is 2.35. The first-order valence-corrected chi connectivity index (χ1v) is 7.46. The van der Waals surface area contributed by atoms with E-state index < -0.39 is 0 Å². The first kappa shape index (κ1) is 12.3. The largest absolute Gasteiger partial charge is 0.240 e. The lowest BCUT2D eigenvalue weighted by molar-refractivity contribution is 0.695. The summed E-state index contributed by atoms with van der Waals surface area (Å²) in [5.74, 6) is 1.10. The summed E-state index contributed by atoms with van der Waals surface area (Å²) in [6.45, 7) is 0. The third-order valence-electron chi connectivity index (χ3n) is 3.16. The molecule has 1 aliphatic carbocycles. The van der Waals surface area contributed by atoms with Crippen molar-refractivity contribution in [2.75, 3.05) is 0 Å². The van der Waals surface area contributed by atoms with Gasteiger partial charge in [-0.05, 0) is 18.9 Å². The van der Waals surface area contributed by atoms with Gasteiger partial charge in [0.15, 0.2) is 10.8 Å². The maximum Gasteiger partial charge on any atom is 0.190 e. The predicted molar refractivity (Wildman–Crippen MR) is 74.4 cm³/mol. The van der Waals surface area contributed by atoms with Crippen LogP contribution in [0.4, 0.5) is 0 Å². The van der Waals surface area contributed by atoms with Crippen molar-refractivity contribution in [1.29, 1.82) is 0 Å². The Morgan fingerprint density at radius 3 is 2.61 bits per heavy atom. The lowest BCUT2D eigenvalue weighted by Gasteiger charge is -2.09. The van der Waals surface area contributed by atoms with Crippen LogP contribution in [0.3, 0.4) is 0 Å². The maximum absolute atomic E-state index is 6.08. The summed E-state index contributed by atoms with van der Waals surface area (Å²) in [4.78, 5) is 13.0. The molecule has 18 heavy (non-hydrogen) atoms. The average molecular weight is 300 g/mol. The molecular formula is C12H11Cl2N3S. The Balaban J connectivity index is 1.99. The highest BCUT2D eigenvalue weighted by Gasteiger charge is 2.20. The van der Waals surface area contributed by atoms with Crippen molar-refractivity contribution in [3.63, 3.8) is 0 Å². The number of nitrogens with zero attached hydrogens (tertiary/aromatic N) is 3. The molecule has 3 rings (SSSR count). The van der Waals surface area contributed by atoms with E-state index in [9.17, 15) is 0 Å². The quantitative estimate of drug-likeness (QED) is 0.763. The van der Waals surface area contributed by atoms with Crippen LogP contribution >= 0.6 is 34.5 Å². The van der Waals surface area contributed by atoms with E-state index in [1.807, 2.05) is 6.07 Å². The van der Waals surface area contributed by atoms with Gasteiger partial charge in [-0.2, -0.15) is 0 Å². The first-order valence-electron chi connectivity index (χ1n) is 5.88. The van der Waals surface area contributed by atoms with Crippen molar-refractivity contribution in [1.82, 2.24) is 15.0 Å². The molecule has 0 bridgehead atoms. The number of aromatic nitrogens is 3. The zero-order valence-electron chi connectivity index (χ0n) is 9.57. The van der Waals surface area contributed by atoms with Crippen LogP contribution in [0.1, 0.15) is 37.3 Å². The van der Waals surface area contributed by atoms with Crippen molar-refractivity contribution < 1.29 is 0 Å². The molecule has 0 unspecified atom stereocenters. The molecule has 0 atom stereocenters. The summed E-state index contributed by atoms with van der Waals surface area (Å²) in [7, 11) is 0. The van der Waals surface area contributed by atoms with Crippen LogP contribution in [0.25, 0.3) is 10.8 Å². The number of thiazole rings is 1. The molecule has 6 heteroatoms. The van der Waals surface area contributed by atoms with Gasteiger partial charge >= 0.3 is 0 Å². The molecule has 0 aromatic carbocycles. The minimum Gasteiger partial charge on any atom is -0.240 e. The topological polar surface area (TPSA) is 38.7 Å². The second-order valence-corrected chi connectivity index (χ2v) is 6.44. The molecule has 3 nitrogen and oxygen atoms in total. The molecule has 94 valence electrons. The third-order valence-corrected chi connectivity index (χ3v) is 4.46. The SMILES string of the molecule is Clc1cc(C2CCCC2)nc(-c2ncc(Cl)s2)n1. The van der Waals surface area contributed by atoms with Crippen LogP contribution in [0.2, 0.25) is 9.49 Å². The molecule has 1 fully saturated rings. The summed E-state index contributed by atoms with van der Waals surface area (Å²) in [6.07, 6.45) is 6.52. The summed E-state index contributed by atoms with van der Waals surface area (Å²) < 4.78 is 0.635. The number of halogens is 2. The fraction of sp³-hybridized carbons (Fsp3) is 0.417. The van der Waals surface area contributed by atoms with Gasteiger partial charge in [0.05, 0.1) is 6.20 Å². The van der Waals surface area contributed by atoms with E-state index in [4.69, 9.17) is 23.2 Å². The molecule has 0 N–H and O–H groups in total. The lowest BCUT2D eigenvalue weighted by atomic mass is 10.0. The molecule has 0 radical (unpaired) electrons. The van der Waals surface area contributed by atoms with Crippen LogP contribution in [-0.2, 0) is 0 Å². The smallest absolute Gasteiger partial charge is 0.190 e. The summed E-state index contributed by atoms with van der Waals surface area (Å²) in [5.41, 5.74) is 1.04. The van der Waals surface area contributed by atoms with Crippen molar-refractivity contribution >= 4 is 34.5 Å². The van der Waals surface area contributed by atoms with E-state index in [0.29, 0.717) is 21.2 Å². The standard InChI is InChI=1S/C12H11Cl2N3S/c13-9-5-8(7-3-1-2-4-7)16-11(17-9)12-15-6-10(14)18-12/h5-7H,1-4H2. The van der Waals surface area contributed by atoms with Crippen LogP contribution < -0.4 is 0 Å². The van der Waals surface area contributed by atoms with E-state index in [-0.39, 0.29) is 0 Å². The third kappa shape index (κ3) is 2.51. The Kier molecular flexibility index (Phi) is 3.50. The average Bonchev–Trinajstić information content (AvgIpc) is 2.98. The van der Waals surface area contributed by atoms with Gasteiger partial charge in [0, 0.05) is 11.6 Å². The Hall–Kier alpha value is -0.710. The minimum absolute atomic E-state index is 0.480. The lowest BCUT2D eigenvalue weighted by Crippen LogP contribution is -2.00. The van der Waals surface area contributed by atoms with Gasteiger partial charge in [-0.25, -0.2) is 15.0 Å². The molecule has 1 saturated carbocycles. The van der Waals surface area contributed by atoms with Gasteiger partial charge < -0.3 is 0 Å². The summed E-state index contributed by atoms with van der Waals surface area (Å²) >= 11 is 13.3. The molecule has 1 aliphatic rings. The Morgan fingerprint density at radius 2 is 1.94 bits per heavy atom. The van der Waals surface area contributed by atoms with Crippen molar-refractivity contribution in [2.24, 2.45) is 0 Å². The van der Waals surface area contributed by atoms with Gasteiger partial charge in [0.1, 0.15) is 9.49 Å². The molecule has 2 aromatic heterocycles. The molecule has 2 heterocycles. The molecule has 0 amide bonds. The highest BCUT2D eigenvalue weighted by molar-refractivity contribution is 7.18. The van der Waals surface area contributed by atoms with Gasteiger partial charge in [0.25, 0.3) is 0 Å². The number of rotatable bonds is 2. The van der Waals surface area contributed by atoms with Crippen LogP contribution in [-0.4, -0.2) is 15.0 Å².